The van der Waals surface area contributed by atoms with Gasteiger partial charge in [-0.05, 0) is 56.7 Å². The fraction of sp³-hybridized carbons (Fsp3) is 0.571. The van der Waals surface area contributed by atoms with E-state index in [1.165, 1.54) is 11.1 Å². The van der Waals surface area contributed by atoms with E-state index in [1.807, 2.05) is 6.20 Å². The third kappa shape index (κ3) is 5.89. The van der Waals surface area contributed by atoms with Crippen LogP contribution < -0.4 is 5.32 Å². The first-order valence-electron chi connectivity index (χ1n) is 13.5. The van der Waals surface area contributed by atoms with Crippen molar-refractivity contribution in [1.82, 2.24) is 24.3 Å². The number of likely N-dealkylation sites (N-methyl/N-ethyl adjacent to an activating group) is 1. The highest BCUT2D eigenvalue weighted by Gasteiger charge is 2.24. The first kappa shape index (κ1) is 25.1. The van der Waals surface area contributed by atoms with Crippen molar-refractivity contribution in [3.05, 3.63) is 42.2 Å². The van der Waals surface area contributed by atoms with Gasteiger partial charge in [-0.25, -0.2) is 4.98 Å². The Morgan fingerprint density at radius 1 is 1.00 bits per heavy atom. The van der Waals surface area contributed by atoms with Crippen LogP contribution in [0.2, 0.25) is 0 Å². The van der Waals surface area contributed by atoms with Gasteiger partial charge in [-0.15, -0.1) is 0 Å². The van der Waals surface area contributed by atoms with Gasteiger partial charge in [0, 0.05) is 75.3 Å². The highest BCUT2D eigenvalue weighted by atomic mass is 16.3. The summed E-state index contributed by atoms with van der Waals surface area (Å²) in [7, 11) is 2.19. The minimum atomic E-state index is -0.186. The number of hydrogen-bond donors (Lipinski definition) is 3. The van der Waals surface area contributed by atoms with Crippen LogP contribution in [0.4, 0.5) is 5.95 Å². The molecule has 0 spiro atoms. The summed E-state index contributed by atoms with van der Waals surface area (Å²) in [5.41, 5.74) is 4.64. The van der Waals surface area contributed by atoms with E-state index < -0.39 is 0 Å². The lowest BCUT2D eigenvalue weighted by molar-refractivity contribution is 0.111. The first-order chi connectivity index (χ1) is 17.6. The van der Waals surface area contributed by atoms with E-state index >= 15 is 0 Å². The van der Waals surface area contributed by atoms with E-state index in [1.54, 1.807) is 0 Å². The van der Waals surface area contributed by atoms with Gasteiger partial charge in [0.15, 0.2) is 0 Å². The summed E-state index contributed by atoms with van der Waals surface area (Å²) in [5.74, 6) is 0.629. The lowest BCUT2D eigenvalue weighted by Gasteiger charge is -2.32. The van der Waals surface area contributed by atoms with Crippen molar-refractivity contribution in [2.45, 2.75) is 57.2 Å². The van der Waals surface area contributed by atoms with Gasteiger partial charge >= 0.3 is 0 Å². The molecule has 8 nitrogen and oxygen atoms in total. The summed E-state index contributed by atoms with van der Waals surface area (Å²) in [5, 5.41) is 23.5. The third-order valence-corrected chi connectivity index (χ3v) is 7.77. The molecule has 8 heteroatoms. The fourth-order valence-corrected chi connectivity index (χ4v) is 5.45. The summed E-state index contributed by atoms with van der Waals surface area (Å²) in [6.45, 7) is 6.45. The summed E-state index contributed by atoms with van der Waals surface area (Å²) >= 11 is 0. The number of fused-ring (bicyclic) bond motifs is 1. The maximum absolute atomic E-state index is 10.0. The topological polar surface area (TPSA) is 89.7 Å². The number of hydrogen-bond acceptors (Lipinski definition) is 7. The minimum absolute atomic E-state index is 0.186. The molecule has 3 heterocycles. The van der Waals surface area contributed by atoms with Crippen molar-refractivity contribution in [1.29, 1.82) is 0 Å². The number of rotatable bonds is 9. The second-order valence-corrected chi connectivity index (χ2v) is 10.5. The number of benzene rings is 1. The number of aliphatic hydroxyl groups is 2. The van der Waals surface area contributed by atoms with Crippen molar-refractivity contribution in [3.8, 4) is 11.1 Å². The second kappa shape index (κ2) is 11.7. The predicted molar refractivity (Wildman–Crippen MR) is 144 cm³/mol. The van der Waals surface area contributed by atoms with Crippen LogP contribution in [0.5, 0.6) is 0 Å². The third-order valence-electron chi connectivity index (χ3n) is 7.77. The Hall–Kier alpha value is -2.52. The van der Waals surface area contributed by atoms with Gasteiger partial charge in [0.1, 0.15) is 5.65 Å². The Morgan fingerprint density at radius 3 is 2.47 bits per heavy atom. The molecule has 1 saturated carbocycles. The molecule has 1 aliphatic heterocycles. The van der Waals surface area contributed by atoms with Crippen LogP contribution in [-0.2, 0) is 6.54 Å². The molecule has 36 heavy (non-hydrogen) atoms. The largest absolute Gasteiger partial charge is 0.396 e. The van der Waals surface area contributed by atoms with Gasteiger partial charge in [-0.3, -0.25) is 4.90 Å². The van der Waals surface area contributed by atoms with Crippen LogP contribution in [0.1, 0.15) is 50.1 Å². The number of unbranched alkanes of at least 4 members (excludes halogenated alkanes) is 1. The number of piperazine rings is 1. The van der Waals surface area contributed by atoms with Crippen LogP contribution in [0.25, 0.3) is 22.2 Å². The summed E-state index contributed by atoms with van der Waals surface area (Å²) in [6, 6.07) is 9.31. The standard InChI is InChI=1S/C28H40N6O2/c1-32-13-15-33(16-14-32)19-21-4-6-22(7-5-21)26-20-34(23-8-10-24(36)11-9-23)27-25(26)18-30-28(31-27)29-12-2-3-17-35/h4-7,18,20,23-24,35-36H,2-3,8-17,19H2,1H3,(H,29,30,31). The zero-order chi connectivity index (χ0) is 24.9. The molecule has 194 valence electrons. The summed E-state index contributed by atoms with van der Waals surface area (Å²) in [6.07, 6.45) is 9.22. The van der Waals surface area contributed by atoms with E-state index in [0.717, 1.165) is 94.4 Å². The average Bonchev–Trinajstić information content (AvgIpc) is 3.28. The summed E-state index contributed by atoms with van der Waals surface area (Å²) in [4.78, 5) is 14.5. The van der Waals surface area contributed by atoms with E-state index in [-0.39, 0.29) is 12.7 Å². The zero-order valence-electron chi connectivity index (χ0n) is 21.4. The lowest BCUT2D eigenvalue weighted by atomic mass is 9.93. The van der Waals surface area contributed by atoms with Crippen molar-refractivity contribution < 1.29 is 10.2 Å². The molecule has 0 atom stereocenters. The maximum Gasteiger partial charge on any atom is 0.224 e. The van der Waals surface area contributed by atoms with Crippen LogP contribution in [0.3, 0.4) is 0 Å². The molecular formula is C28H40N6O2. The molecular weight excluding hydrogens is 452 g/mol. The second-order valence-electron chi connectivity index (χ2n) is 10.5. The molecule has 3 N–H and O–H groups in total. The first-order valence-corrected chi connectivity index (χ1v) is 13.5. The molecule has 0 bridgehead atoms. The predicted octanol–water partition coefficient (Wildman–Crippen LogP) is 3.51. The van der Waals surface area contributed by atoms with Crippen LogP contribution in [0, 0.1) is 0 Å². The quantitative estimate of drug-likeness (QED) is 0.394. The highest BCUT2D eigenvalue weighted by molar-refractivity contribution is 5.94. The van der Waals surface area contributed by atoms with Crippen molar-refractivity contribution in [3.63, 3.8) is 0 Å². The van der Waals surface area contributed by atoms with E-state index in [0.29, 0.717) is 12.0 Å². The Morgan fingerprint density at radius 2 is 1.75 bits per heavy atom. The molecule has 1 saturated heterocycles. The van der Waals surface area contributed by atoms with Gasteiger partial charge in [0.05, 0.1) is 6.10 Å². The average molecular weight is 493 g/mol. The van der Waals surface area contributed by atoms with Gasteiger partial charge < -0.3 is 25.0 Å². The van der Waals surface area contributed by atoms with Crippen LogP contribution in [-0.4, -0.2) is 87.0 Å². The van der Waals surface area contributed by atoms with Crippen LogP contribution in [0.15, 0.2) is 36.7 Å². The number of aromatic nitrogens is 3. The monoisotopic (exact) mass is 492 g/mol. The Balaban J connectivity index is 1.39. The molecule has 2 aromatic heterocycles. The van der Waals surface area contributed by atoms with Gasteiger partial charge in [-0.1, -0.05) is 24.3 Å². The summed E-state index contributed by atoms with van der Waals surface area (Å²) < 4.78 is 2.31. The smallest absolute Gasteiger partial charge is 0.224 e. The van der Waals surface area contributed by atoms with Crippen LogP contribution >= 0.6 is 0 Å². The maximum atomic E-state index is 10.0. The Kier molecular flexibility index (Phi) is 8.16. The lowest BCUT2D eigenvalue weighted by Crippen LogP contribution is -2.43. The Labute approximate surface area is 214 Å². The van der Waals surface area contributed by atoms with Crippen molar-refractivity contribution in [2.24, 2.45) is 0 Å². The van der Waals surface area contributed by atoms with E-state index in [4.69, 9.17) is 10.1 Å². The molecule has 1 aliphatic carbocycles. The molecule has 0 amide bonds. The zero-order valence-corrected chi connectivity index (χ0v) is 21.4. The molecule has 3 aromatic rings. The Bertz CT molecular complexity index is 1120. The van der Waals surface area contributed by atoms with Gasteiger partial charge in [-0.2, -0.15) is 4.98 Å². The fourth-order valence-electron chi connectivity index (χ4n) is 5.45. The van der Waals surface area contributed by atoms with Crippen molar-refractivity contribution >= 4 is 17.0 Å². The minimum Gasteiger partial charge on any atom is -0.396 e. The SMILES string of the molecule is CN1CCN(Cc2ccc(-c3cn(C4CCC(O)CC4)c4nc(NCCCCO)ncc34)cc2)CC1. The number of aliphatic hydroxyl groups excluding tert-OH is 2. The number of anilines is 1. The normalized spacial score (nSPS) is 21.8. The van der Waals surface area contributed by atoms with E-state index in [2.05, 4.69) is 62.2 Å². The van der Waals surface area contributed by atoms with Gasteiger partial charge in [0.2, 0.25) is 5.95 Å². The molecule has 0 radical (unpaired) electrons. The molecule has 2 fully saturated rings. The number of nitrogens with one attached hydrogen (secondary N) is 1. The molecule has 1 aromatic carbocycles. The number of nitrogens with zero attached hydrogens (tertiary/aromatic N) is 5. The molecule has 5 rings (SSSR count). The molecule has 2 aliphatic rings. The molecule has 0 unspecified atom stereocenters. The van der Waals surface area contributed by atoms with Crippen molar-refractivity contribution in [2.75, 3.05) is 51.7 Å². The van der Waals surface area contributed by atoms with E-state index in [9.17, 15) is 5.11 Å². The van der Waals surface area contributed by atoms with Gasteiger partial charge in [0.25, 0.3) is 0 Å². The highest BCUT2D eigenvalue weighted by Crippen LogP contribution is 2.36.